The minimum Gasteiger partial charge on any atom is -0.503 e. The highest BCUT2D eigenvalue weighted by Gasteiger charge is 2.43. The van der Waals surface area contributed by atoms with Crippen molar-refractivity contribution in [2.75, 3.05) is 26.2 Å². The number of benzene rings is 1. The third-order valence-corrected chi connectivity index (χ3v) is 6.28. The highest BCUT2D eigenvalue weighted by Crippen LogP contribution is 2.39. The number of ketones is 1. The second-order valence-electron chi connectivity index (χ2n) is 7.73. The van der Waals surface area contributed by atoms with Gasteiger partial charge in [-0.3, -0.25) is 9.59 Å². The Morgan fingerprint density at radius 3 is 2.42 bits per heavy atom. The molecule has 1 N–H and O–H groups in total. The fourth-order valence-corrected chi connectivity index (χ4v) is 4.47. The number of hydrogen-bond donors (Lipinski definition) is 1. The van der Waals surface area contributed by atoms with Gasteiger partial charge in [-0.25, -0.2) is 0 Å². The van der Waals surface area contributed by atoms with Crippen molar-refractivity contribution in [3.63, 3.8) is 0 Å². The molecule has 1 aromatic heterocycles. The van der Waals surface area contributed by atoms with Crippen molar-refractivity contribution < 1.29 is 19.4 Å². The summed E-state index contributed by atoms with van der Waals surface area (Å²) in [5.74, 6) is -0.541. The first-order chi connectivity index (χ1) is 14.9. The van der Waals surface area contributed by atoms with E-state index in [0.29, 0.717) is 18.0 Å². The number of nitrogens with zero attached hydrogens (tertiary/aromatic N) is 2. The normalized spacial score (nSPS) is 16.6. The molecule has 0 bridgehead atoms. The third-order valence-electron chi connectivity index (χ3n) is 5.41. The lowest BCUT2D eigenvalue weighted by Crippen LogP contribution is -2.38. The van der Waals surface area contributed by atoms with Crippen LogP contribution < -0.4 is 4.74 Å². The van der Waals surface area contributed by atoms with Crippen LogP contribution in [0, 0.1) is 0 Å². The molecule has 0 saturated carbocycles. The summed E-state index contributed by atoms with van der Waals surface area (Å²) in [4.78, 5) is 30.6. The molecule has 0 unspecified atom stereocenters. The number of hydrogen-bond acceptors (Lipinski definition) is 6. The van der Waals surface area contributed by atoms with Gasteiger partial charge in [-0.2, -0.15) is 0 Å². The van der Waals surface area contributed by atoms with Gasteiger partial charge in [-0.15, -0.1) is 11.3 Å². The van der Waals surface area contributed by atoms with Crippen LogP contribution in [-0.2, 0) is 4.79 Å². The molecule has 1 aromatic carbocycles. The molecule has 0 aliphatic carbocycles. The molecule has 6 nitrogen and oxygen atoms in total. The number of ether oxygens (including phenoxy) is 1. The van der Waals surface area contributed by atoms with Crippen molar-refractivity contribution in [1.82, 2.24) is 9.80 Å². The van der Waals surface area contributed by atoms with Crippen molar-refractivity contribution in [3.8, 4) is 5.75 Å². The molecule has 1 atom stereocenters. The topological polar surface area (TPSA) is 70.1 Å². The first-order valence-electron chi connectivity index (χ1n) is 10.7. The number of aliphatic hydroxyl groups is 1. The maximum atomic E-state index is 13.2. The molecular weight excluding hydrogens is 412 g/mol. The van der Waals surface area contributed by atoms with Gasteiger partial charge < -0.3 is 19.6 Å². The predicted molar refractivity (Wildman–Crippen MR) is 123 cm³/mol. The van der Waals surface area contributed by atoms with Crippen LogP contribution in [0.3, 0.4) is 0 Å². The van der Waals surface area contributed by atoms with Crippen LogP contribution in [0.15, 0.2) is 53.1 Å². The summed E-state index contributed by atoms with van der Waals surface area (Å²) in [7, 11) is 0. The molecule has 1 amide bonds. The van der Waals surface area contributed by atoms with Crippen LogP contribution in [0.25, 0.3) is 0 Å². The number of aliphatic hydroxyl groups excluding tert-OH is 1. The Balaban J connectivity index is 1.97. The maximum absolute atomic E-state index is 13.2. The molecule has 7 heteroatoms. The number of amides is 1. The van der Waals surface area contributed by atoms with Crippen LogP contribution in [-0.4, -0.2) is 58.9 Å². The largest absolute Gasteiger partial charge is 0.503 e. The molecule has 0 saturated heterocycles. The van der Waals surface area contributed by atoms with E-state index >= 15 is 0 Å². The predicted octanol–water partition coefficient (Wildman–Crippen LogP) is 4.46. The minimum atomic E-state index is -0.634. The van der Waals surface area contributed by atoms with Crippen molar-refractivity contribution in [2.45, 2.75) is 39.8 Å². The third kappa shape index (κ3) is 4.99. The van der Waals surface area contributed by atoms with E-state index in [0.717, 1.165) is 24.4 Å². The monoisotopic (exact) mass is 442 g/mol. The van der Waals surface area contributed by atoms with Gasteiger partial charge in [0.1, 0.15) is 5.75 Å². The molecule has 3 rings (SSSR count). The van der Waals surface area contributed by atoms with Crippen molar-refractivity contribution in [3.05, 3.63) is 63.6 Å². The van der Waals surface area contributed by atoms with Gasteiger partial charge in [0.2, 0.25) is 5.78 Å². The zero-order valence-corrected chi connectivity index (χ0v) is 19.3. The minimum absolute atomic E-state index is 0.0457. The van der Waals surface area contributed by atoms with E-state index in [1.165, 1.54) is 11.3 Å². The second-order valence-corrected chi connectivity index (χ2v) is 8.68. The lowest BCUT2D eigenvalue weighted by Gasteiger charge is -2.29. The Bertz CT molecular complexity index is 931. The van der Waals surface area contributed by atoms with Gasteiger partial charge in [-0.05, 0) is 56.1 Å². The van der Waals surface area contributed by atoms with E-state index in [1.54, 1.807) is 17.0 Å². The van der Waals surface area contributed by atoms with Crippen LogP contribution >= 0.6 is 11.3 Å². The zero-order valence-electron chi connectivity index (χ0n) is 18.5. The summed E-state index contributed by atoms with van der Waals surface area (Å²) in [6.07, 6.45) is 0.0457. The summed E-state index contributed by atoms with van der Waals surface area (Å²) >= 11 is 1.30. The van der Waals surface area contributed by atoms with Gasteiger partial charge in [0.15, 0.2) is 5.76 Å². The number of rotatable bonds is 10. The van der Waals surface area contributed by atoms with Crippen LogP contribution in [0.1, 0.15) is 49.0 Å². The summed E-state index contributed by atoms with van der Waals surface area (Å²) < 4.78 is 5.73. The van der Waals surface area contributed by atoms with Gasteiger partial charge in [0.25, 0.3) is 5.91 Å². The Labute approximate surface area is 187 Å². The number of carbonyl (C=O) groups excluding carboxylic acids is 2. The smallest absolute Gasteiger partial charge is 0.290 e. The van der Waals surface area contributed by atoms with Gasteiger partial charge >= 0.3 is 0 Å². The van der Waals surface area contributed by atoms with E-state index in [9.17, 15) is 14.7 Å². The molecule has 0 fully saturated rings. The number of thiophene rings is 1. The fourth-order valence-electron chi connectivity index (χ4n) is 3.79. The molecule has 1 aliphatic heterocycles. The van der Waals surface area contributed by atoms with Crippen molar-refractivity contribution >= 4 is 23.0 Å². The standard InChI is InChI=1S/C24H30N2O4S/c1-5-25(6-2)13-14-26-21(17-9-11-18(12-10-17)30-16(3)4)20(23(28)24(26)29)22(27)19-8-7-15-31-19/h7-12,15-16,21,28H,5-6,13-14H2,1-4H3/t21-/m0/s1. The molecule has 1 aliphatic rings. The highest BCUT2D eigenvalue weighted by atomic mass is 32.1. The van der Waals surface area contributed by atoms with Crippen molar-refractivity contribution in [1.29, 1.82) is 0 Å². The van der Waals surface area contributed by atoms with Crippen LogP contribution in [0.4, 0.5) is 0 Å². The van der Waals surface area contributed by atoms with Gasteiger partial charge in [-0.1, -0.05) is 32.0 Å². The average Bonchev–Trinajstić information content (AvgIpc) is 3.37. The number of Topliss-reactive ketones (excluding diaryl/α,β-unsaturated/α-hetero) is 1. The Kier molecular flexibility index (Phi) is 7.51. The summed E-state index contributed by atoms with van der Waals surface area (Å²) in [6, 6.07) is 10.3. The van der Waals surface area contributed by atoms with E-state index in [4.69, 9.17) is 4.74 Å². The molecule has 2 aromatic rings. The first kappa shape index (κ1) is 23.0. The molecular formula is C24H30N2O4S. The summed E-state index contributed by atoms with van der Waals surface area (Å²) in [6.45, 7) is 10.9. The Hall–Kier alpha value is -2.64. The average molecular weight is 443 g/mol. The lowest BCUT2D eigenvalue weighted by molar-refractivity contribution is -0.129. The quantitative estimate of drug-likeness (QED) is 0.550. The SMILES string of the molecule is CCN(CC)CCN1C(=O)C(O)=C(C(=O)c2cccs2)[C@@H]1c1ccc(OC(C)C)cc1. The van der Waals surface area contributed by atoms with Gasteiger partial charge in [0.05, 0.1) is 22.6 Å². The van der Waals surface area contributed by atoms with E-state index in [-0.39, 0.29) is 17.5 Å². The second kappa shape index (κ2) is 10.1. The van der Waals surface area contributed by atoms with Crippen LogP contribution in [0.5, 0.6) is 5.75 Å². The number of carbonyl (C=O) groups is 2. The van der Waals surface area contributed by atoms with Crippen molar-refractivity contribution in [2.24, 2.45) is 0 Å². The number of likely N-dealkylation sites (N-methyl/N-ethyl adjacent to an activating group) is 1. The molecule has 0 radical (unpaired) electrons. The molecule has 0 spiro atoms. The van der Waals surface area contributed by atoms with E-state index < -0.39 is 17.7 Å². The summed E-state index contributed by atoms with van der Waals surface area (Å²) in [5.41, 5.74) is 0.914. The Morgan fingerprint density at radius 2 is 1.87 bits per heavy atom. The maximum Gasteiger partial charge on any atom is 0.290 e. The molecule has 166 valence electrons. The van der Waals surface area contributed by atoms with Gasteiger partial charge in [0, 0.05) is 13.1 Å². The zero-order chi connectivity index (χ0) is 22.5. The first-order valence-corrected chi connectivity index (χ1v) is 11.6. The van der Waals surface area contributed by atoms with E-state index in [2.05, 4.69) is 18.7 Å². The van der Waals surface area contributed by atoms with E-state index in [1.807, 2.05) is 43.5 Å². The molecule has 31 heavy (non-hydrogen) atoms. The Morgan fingerprint density at radius 1 is 1.19 bits per heavy atom. The lowest BCUT2D eigenvalue weighted by atomic mass is 9.95. The highest BCUT2D eigenvalue weighted by molar-refractivity contribution is 7.12. The van der Waals surface area contributed by atoms with Crippen LogP contribution in [0.2, 0.25) is 0 Å². The molecule has 2 heterocycles. The fraction of sp³-hybridized carbons (Fsp3) is 0.417. The summed E-state index contributed by atoms with van der Waals surface area (Å²) in [5, 5.41) is 12.5.